The van der Waals surface area contributed by atoms with Crippen LogP contribution in [0.4, 0.5) is 4.39 Å². The van der Waals surface area contributed by atoms with Crippen molar-refractivity contribution in [2.75, 3.05) is 0 Å². The first-order valence-electron chi connectivity index (χ1n) is 6.28. The zero-order valence-electron chi connectivity index (χ0n) is 11.0. The Morgan fingerprint density at radius 3 is 2.32 bits per heavy atom. The van der Waals surface area contributed by atoms with Crippen LogP contribution in [0.15, 0.2) is 48.5 Å². The van der Waals surface area contributed by atoms with E-state index in [-0.39, 0.29) is 17.8 Å². The molecule has 0 fully saturated rings. The van der Waals surface area contributed by atoms with Crippen LogP contribution in [0.1, 0.15) is 25.5 Å². The fraction of sp³-hybridized carbons (Fsp3) is 0.250. The van der Waals surface area contributed by atoms with E-state index >= 15 is 0 Å². The second kappa shape index (κ2) is 5.74. The van der Waals surface area contributed by atoms with Gasteiger partial charge in [-0.05, 0) is 30.2 Å². The van der Waals surface area contributed by atoms with Gasteiger partial charge in [0.1, 0.15) is 23.4 Å². The molecule has 19 heavy (non-hydrogen) atoms. The molecule has 0 aromatic heterocycles. The van der Waals surface area contributed by atoms with Crippen molar-refractivity contribution in [1.82, 2.24) is 0 Å². The number of rotatable bonds is 4. The van der Waals surface area contributed by atoms with Crippen LogP contribution in [0, 0.1) is 11.7 Å². The van der Waals surface area contributed by atoms with E-state index in [1.807, 2.05) is 44.2 Å². The molecule has 0 saturated carbocycles. The van der Waals surface area contributed by atoms with Gasteiger partial charge in [0.25, 0.3) is 0 Å². The fourth-order valence-electron chi connectivity index (χ4n) is 1.96. The van der Waals surface area contributed by atoms with Crippen molar-refractivity contribution < 1.29 is 14.2 Å². The molecule has 1 N–H and O–H groups in total. The molecule has 100 valence electrons. The number of phenols is 1. The third kappa shape index (κ3) is 3.25. The monoisotopic (exact) mass is 260 g/mol. The van der Waals surface area contributed by atoms with Crippen LogP contribution in [0.25, 0.3) is 0 Å². The maximum Gasteiger partial charge on any atom is 0.130 e. The fourth-order valence-corrected chi connectivity index (χ4v) is 1.96. The molecule has 0 bridgehead atoms. The predicted octanol–water partition coefficient (Wildman–Crippen LogP) is 4.31. The third-order valence-corrected chi connectivity index (χ3v) is 2.91. The van der Waals surface area contributed by atoms with Crippen molar-refractivity contribution in [3.8, 4) is 11.5 Å². The standard InChI is InChI=1S/C16H17FO2/c1-11(2)16(19-13-6-4-3-5-7-13)14-9-8-12(17)10-15(14)18/h3-11,16,18H,1-2H3/t16-/m0/s1. The molecule has 2 aromatic carbocycles. The molecule has 0 spiro atoms. The predicted molar refractivity (Wildman–Crippen MR) is 72.7 cm³/mol. The first kappa shape index (κ1) is 13.4. The highest BCUT2D eigenvalue weighted by atomic mass is 19.1. The Balaban J connectivity index is 2.30. The molecule has 0 aliphatic carbocycles. The summed E-state index contributed by atoms with van der Waals surface area (Å²) in [4.78, 5) is 0. The second-order valence-corrected chi connectivity index (χ2v) is 4.80. The number of phenolic OH excluding ortho intramolecular Hbond substituents is 1. The minimum atomic E-state index is -0.455. The molecule has 0 unspecified atom stereocenters. The van der Waals surface area contributed by atoms with Gasteiger partial charge in [-0.2, -0.15) is 0 Å². The summed E-state index contributed by atoms with van der Waals surface area (Å²) in [6, 6.07) is 13.4. The van der Waals surface area contributed by atoms with Crippen molar-refractivity contribution in [2.45, 2.75) is 20.0 Å². The molecule has 0 saturated heterocycles. The Morgan fingerprint density at radius 1 is 1.05 bits per heavy atom. The Bertz CT molecular complexity index is 538. The lowest BCUT2D eigenvalue weighted by molar-refractivity contribution is 0.150. The summed E-state index contributed by atoms with van der Waals surface area (Å²) >= 11 is 0. The van der Waals surface area contributed by atoms with Crippen molar-refractivity contribution >= 4 is 0 Å². The van der Waals surface area contributed by atoms with Gasteiger partial charge in [-0.3, -0.25) is 0 Å². The molecule has 3 heteroatoms. The third-order valence-electron chi connectivity index (χ3n) is 2.91. The van der Waals surface area contributed by atoms with Crippen LogP contribution >= 0.6 is 0 Å². The highest BCUT2D eigenvalue weighted by molar-refractivity contribution is 5.36. The van der Waals surface area contributed by atoms with Crippen LogP contribution in [-0.4, -0.2) is 5.11 Å². The first-order valence-corrected chi connectivity index (χ1v) is 6.28. The number of para-hydroxylation sites is 1. The van der Waals surface area contributed by atoms with Crippen LogP contribution in [-0.2, 0) is 0 Å². The van der Waals surface area contributed by atoms with E-state index in [2.05, 4.69) is 0 Å². The van der Waals surface area contributed by atoms with Gasteiger partial charge >= 0.3 is 0 Å². The van der Waals surface area contributed by atoms with Crippen LogP contribution in [0.2, 0.25) is 0 Å². The Kier molecular flexibility index (Phi) is 4.05. The van der Waals surface area contributed by atoms with E-state index in [4.69, 9.17) is 4.74 Å². The number of aromatic hydroxyl groups is 1. The zero-order chi connectivity index (χ0) is 13.8. The summed E-state index contributed by atoms with van der Waals surface area (Å²) in [5.74, 6) is 0.347. The minimum Gasteiger partial charge on any atom is -0.507 e. The van der Waals surface area contributed by atoms with Gasteiger partial charge in [-0.1, -0.05) is 32.0 Å². The van der Waals surface area contributed by atoms with E-state index in [1.165, 1.54) is 6.07 Å². The maximum atomic E-state index is 13.0. The van der Waals surface area contributed by atoms with Crippen LogP contribution in [0.3, 0.4) is 0 Å². The average Bonchev–Trinajstić information content (AvgIpc) is 2.38. The van der Waals surface area contributed by atoms with Crippen molar-refractivity contribution in [1.29, 1.82) is 0 Å². The Labute approximate surface area is 112 Å². The smallest absolute Gasteiger partial charge is 0.130 e. The number of hydrogen-bond donors (Lipinski definition) is 1. The molecule has 0 amide bonds. The average molecular weight is 260 g/mol. The van der Waals surface area contributed by atoms with E-state index in [9.17, 15) is 9.50 Å². The second-order valence-electron chi connectivity index (χ2n) is 4.80. The van der Waals surface area contributed by atoms with Gasteiger partial charge in [0.15, 0.2) is 0 Å². The normalized spacial score (nSPS) is 12.4. The quantitative estimate of drug-likeness (QED) is 0.887. The molecule has 1 atom stereocenters. The molecular formula is C16H17FO2. The van der Waals surface area contributed by atoms with Crippen molar-refractivity contribution in [2.24, 2.45) is 5.92 Å². The molecule has 2 aromatic rings. The maximum absolute atomic E-state index is 13.0. The number of halogens is 1. The lowest BCUT2D eigenvalue weighted by Crippen LogP contribution is -2.14. The van der Waals surface area contributed by atoms with Crippen molar-refractivity contribution in [3.63, 3.8) is 0 Å². The Morgan fingerprint density at radius 2 is 1.74 bits per heavy atom. The van der Waals surface area contributed by atoms with Gasteiger partial charge in [-0.25, -0.2) is 4.39 Å². The SMILES string of the molecule is CC(C)[C@H](Oc1ccccc1)c1ccc(F)cc1O. The topological polar surface area (TPSA) is 29.5 Å². The highest BCUT2D eigenvalue weighted by Crippen LogP contribution is 2.33. The van der Waals surface area contributed by atoms with E-state index < -0.39 is 5.82 Å². The van der Waals surface area contributed by atoms with E-state index in [0.717, 1.165) is 11.8 Å². The molecule has 2 rings (SSSR count). The van der Waals surface area contributed by atoms with Gasteiger partial charge < -0.3 is 9.84 Å². The van der Waals surface area contributed by atoms with E-state index in [0.29, 0.717) is 5.56 Å². The van der Waals surface area contributed by atoms with Crippen LogP contribution in [0.5, 0.6) is 11.5 Å². The lowest BCUT2D eigenvalue weighted by atomic mass is 9.98. The summed E-state index contributed by atoms with van der Waals surface area (Å²) < 4.78 is 18.9. The zero-order valence-corrected chi connectivity index (χ0v) is 11.0. The van der Waals surface area contributed by atoms with Gasteiger partial charge in [0.05, 0.1) is 0 Å². The number of hydrogen-bond acceptors (Lipinski definition) is 2. The van der Waals surface area contributed by atoms with Gasteiger partial charge in [-0.15, -0.1) is 0 Å². The largest absolute Gasteiger partial charge is 0.507 e. The summed E-state index contributed by atoms with van der Waals surface area (Å²) in [6.45, 7) is 3.99. The molecule has 2 nitrogen and oxygen atoms in total. The summed E-state index contributed by atoms with van der Waals surface area (Å²) in [6.07, 6.45) is -0.317. The highest BCUT2D eigenvalue weighted by Gasteiger charge is 2.21. The molecule has 0 aliphatic rings. The molecule has 0 heterocycles. The molecular weight excluding hydrogens is 243 g/mol. The number of ether oxygens (including phenoxy) is 1. The minimum absolute atomic E-state index is 0.0744. The summed E-state index contributed by atoms with van der Waals surface area (Å²) in [7, 11) is 0. The number of benzene rings is 2. The molecule has 0 radical (unpaired) electrons. The summed E-state index contributed by atoms with van der Waals surface area (Å²) in [5.41, 5.74) is 0.597. The first-order chi connectivity index (χ1) is 9.08. The lowest BCUT2D eigenvalue weighted by Gasteiger charge is -2.23. The van der Waals surface area contributed by atoms with E-state index in [1.54, 1.807) is 6.07 Å². The van der Waals surface area contributed by atoms with Crippen molar-refractivity contribution in [3.05, 3.63) is 59.9 Å². The van der Waals surface area contributed by atoms with Crippen LogP contribution < -0.4 is 4.74 Å². The van der Waals surface area contributed by atoms with Gasteiger partial charge in [0.2, 0.25) is 0 Å². The summed E-state index contributed by atoms with van der Waals surface area (Å²) in [5, 5.41) is 9.87. The van der Waals surface area contributed by atoms with Gasteiger partial charge in [0, 0.05) is 11.6 Å². The molecule has 0 aliphatic heterocycles. The Hall–Kier alpha value is -2.03.